The molecule has 2 aliphatic rings. The minimum atomic E-state index is -3.23. The quantitative estimate of drug-likeness (QED) is 0.0668. The fraction of sp³-hybridized carbons (Fsp3) is 0.135. The molecule has 0 aliphatic heterocycles. The standard InChI is InChI=1S/C69H61Si2.C15H14.C5H5.2ClH.Zr/c1-68(2,3)64-48-60-50(46-62(64)58-41-25-27-43-66(58)70(52-29-13-7-14-30-52,53-31-15-8-16-32-53)54-33-17-9-18-34-54)45-51-47-63(65(49-61(51)60)69(4,5)6)59-42-26-28-44-67(59)71(55-35-19-10-20-36-55,56-37-21-11-22-38-56)57-39-23-12-24-40-57;1-3-8-14(9-4-1)12-7-13-15-10-5-2-6-11-15;1-2-4-5-3-1;;;/h7-49H,1-6H3;1-6,8-11H,12-13H2;1-3H,4H2;2*1H;/q;;;;;+2/p-2. The molecule has 0 unspecified atom stereocenters. The van der Waals surface area contributed by atoms with Crippen LogP contribution in [0.25, 0.3) is 33.4 Å². The molecule has 94 heavy (non-hydrogen) atoms. The molecule has 0 bridgehead atoms. The molecule has 0 atom stereocenters. The smallest absolute Gasteiger partial charge is 1.00 e. The molecule has 2 aliphatic carbocycles. The number of halogens is 2. The van der Waals surface area contributed by atoms with Gasteiger partial charge in [-0.2, -0.15) is 0 Å². The first-order chi connectivity index (χ1) is 44.9. The van der Waals surface area contributed by atoms with Gasteiger partial charge in [0.2, 0.25) is 0 Å². The Morgan fingerprint density at radius 1 is 0.340 bits per heavy atom. The summed E-state index contributed by atoms with van der Waals surface area (Å²) < 4.78 is 3.57. The molecule has 0 saturated heterocycles. The van der Waals surface area contributed by atoms with Crippen molar-refractivity contribution in [2.45, 2.75) is 75.3 Å². The fourth-order valence-electron chi connectivity index (χ4n) is 15.7. The van der Waals surface area contributed by atoms with Crippen LogP contribution < -0.4 is 66.3 Å². The van der Waals surface area contributed by atoms with Crippen molar-refractivity contribution in [3.8, 4) is 33.4 Å². The molecule has 0 saturated carbocycles. The van der Waals surface area contributed by atoms with Gasteiger partial charge in [-0.15, -0.1) is 0 Å². The summed E-state index contributed by atoms with van der Waals surface area (Å²) in [6.07, 6.45) is 10.3. The Labute approximate surface area is 580 Å². The zero-order valence-electron chi connectivity index (χ0n) is 54.7. The Morgan fingerprint density at radius 3 is 0.915 bits per heavy atom. The first-order valence-electron chi connectivity index (χ1n) is 33.0. The Balaban J connectivity index is 0.00000424. The molecule has 0 N–H and O–H groups in total. The van der Waals surface area contributed by atoms with E-state index < -0.39 is 37.4 Å². The average molecular weight is 1370 g/mol. The van der Waals surface area contributed by atoms with Crippen molar-refractivity contribution in [1.29, 1.82) is 0 Å². The van der Waals surface area contributed by atoms with Crippen molar-refractivity contribution in [3.05, 3.63) is 370 Å². The van der Waals surface area contributed by atoms with Crippen LogP contribution in [-0.2, 0) is 44.9 Å². The van der Waals surface area contributed by atoms with E-state index in [0.29, 0.717) is 0 Å². The van der Waals surface area contributed by atoms with Crippen LogP contribution >= 0.6 is 0 Å². The van der Waals surface area contributed by atoms with Gasteiger partial charge in [-0.3, -0.25) is 0 Å². The number of allylic oxidation sites excluding steroid dienone is 4. The van der Waals surface area contributed by atoms with Crippen LogP contribution in [0.1, 0.15) is 85.0 Å². The van der Waals surface area contributed by atoms with Crippen LogP contribution in [0.3, 0.4) is 0 Å². The van der Waals surface area contributed by atoms with E-state index in [1.54, 1.807) is 6.49 Å². The Hall–Kier alpha value is -8.11. The summed E-state index contributed by atoms with van der Waals surface area (Å²) in [7, 11) is -6.07. The molecule has 12 aromatic carbocycles. The summed E-state index contributed by atoms with van der Waals surface area (Å²) in [6, 6.07) is 122. The van der Waals surface area contributed by atoms with Crippen LogP contribution in [0.2, 0.25) is 0 Å². The number of benzene rings is 12. The molecule has 0 radical (unpaired) electrons. The van der Waals surface area contributed by atoms with Crippen LogP contribution in [0.4, 0.5) is 0 Å². The summed E-state index contributed by atoms with van der Waals surface area (Å²) in [5.74, 6) is 0. The molecular weight excluding hydrogens is 1290 g/mol. The van der Waals surface area contributed by atoms with Gasteiger partial charge in [-0.1, -0.05) is 0 Å². The maximum Gasteiger partial charge on any atom is -1.00 e. The number of rotatable bonds is 16. The van der Waals surface area contributed by atoms with Crippen molar-refractivity contribution in [2.75, 3.05) is 0 Å². The van der Waals surface area contributed by atoms with E-state index in [0.717, 1.165) is 19.3 Å². The second-order valence-corrected chi connectivity index (χ2v) is 41.7. The zero-order valence-corrected chi connectivity index (χ0v) is 60.7. The molecule has 0 fully saturated rings. The van der Waals surface area contributed by atoms with Gasteiger partial charge in [0.25, 0.3) is 0 Å². The molecule has 0 amide bonds. The SMILES string of the molecule is CC(C)(C)c1cc2c(cc1-c1ccccc1[Si](c1ccccc1)(c1ccccc1)c1ccccc1)[CH]([Zr+2]([C]1=CC=CC1)=[C](Cc1ccccc1)Cc1ccccc1)c1cc(-c3ccccc3[Si](c3ccccc3)(c3ccccc3)c3ccccc3)c(C(C)(C)C)cc1-2.[Cl-].[Cl-]. The summed E-state index contributed by atoms with van der Waals surface area (Å²) in [5, 5.41) is 11.1. The molecule has 0 aromatic heterocycles. The average Bonchev–Trinajstić information content (AvgIpc) is 1.31. The van der Waals surface area contributed by atoms with Gasteiger partial charge >= 0.3 is 561 Å². The van der Waals surface area contributed by atoms with E-state index in [4.69, 9.17) is 0 Å². The molecule has 0 spiro atoms. The van der Waals surface area contributed by atoms with Crippen LogP contribution in [0, 0.1) is 0 Å². The monoisotopic (exact) mass is 1360 g/mol. The topological polar surface area (TPSA) is 0 Å². The fourth-order valence-corrected chi connectivity index (χ4v) is 34.8. The van der Waals surface area contributed by atoms with E-state index >= 15 is 0 Å². The molecule has 0 nitrogen and oxygen atoms in total. The second kappa shape index (κ2) is 28.1. The van der Waals surface area contributed by atoms with Crippen molar-refractivity contribution in [3.63, 3.8) is 0 Å². The normalized spacial score (nSPS) is 12.8. The van der Waals surface area contributed by atoms with Gasteiger partial charge in [0, 0.05) is 0 Å². The minimum Gasteiger partial charge on any atom is -1.00 e. The second-order valence-electron chi connectivity index (χ2n) is 27.4. The van der Waals surface area contributed by atoms with Crippen LogP contribution in [0.15, 0.2) is 337 Å². The van der Waals surface area contributed by atoms with Gasteiger partial charge in [-0.05, 0) is 0 Å². The zero-order chi connectivity index (χ0) is 62.9. The van der Waals surface area contributed by atoms with Gasteiger partial charge in [0.15, 0.2) is 0 Å². The molecule has 12 aromatic rings. The van der Waals surface area contributed by atoms with E-state index in [2.05, 4.69) is 375 Å². The maximum atomic E-state index is 2.79. The van der Waals surface area contributed by atoms with E-state index in [9.17, 15) is 0 Å². The third kappa shape index (κ3) is 12.3. The minimum absolute atomic E-state index is 0. The Bertz CT molecular complexity index is 4220. The van der Waals surface area contributed by atoms with E-state index in [1.807, 2.05) is 0 Å². The van der Waals surface area contributed by atoms with Crippen LogP contribution in [0.5, 0.6) is 0 Å². The van der Waals surface area contributed by atoms with E-state index in [1.165, 1.54) is 108 Å². The Morgan fingerprint density at radius 2 is 0.628 bits per heavy atom. The Kier molecular flexibility index (Phi) is 19.7. The summed E-state index contributed by atoms with van der Waals surface area (Å²) in [6.45, 7) is 14.7. The summed E-state index contributed by atoms with van der Waals surface area (Å²) in [5.41, 5.74) is 16.3. The van der Waals surface area contributed by atoms with Crippen molar-refractivity contribution in [1.82, 2.24) is 0 Å². The van der Waals surface area contributed by atoms with Gasteiger partial charge in [-0.25, -0.2) is 0 Å². The third-order valence-corrected chi connectivity index (χ3v) is 37.7. The van der Waals surface area contributed by atoms with Gasteiger partial charge in [0.1, 0.15) is 0 Å². The van der Waals surface area contributed by atoms with Crippen molar-refractivity contribution < 1.29 is 46.1 Å². The third-order valence-electron chi connectivity index (χ3n) is 19.7. The first-order valence-corrected chi connectivity index (χ1v) is 40.9. The first kappa shape index (κ1) is 65.9. The molecule has 462 valence electrons. The molecule has 0 heterocycles. The molecule has 14 rings (SSSR count). The predicted molar refractivity (Wildman–Crippen MR) is 396 cm³/mol. The number of hydrogen-bond acceptors (Lipinski definition) is 0. The van der Waals surface area contributed by atoms with Crippen LogP contribution in [-0.4, -0.2) is 19.4 Å². The number of fused-ring (bicyclic) bond motifs is 3. The number of hydrogen-bond donors (Lipinski definition) is 0. The van der Waals surface area contributed by atoms with Crippen molar-refractivity contribution >= 4 is 60.8 Å². The van der Waals surface area contributed by atoms with Crippen molar-refractivity contribution in [2.24, 2.45) is 0 Å². The largest absolute Gasteiger partial charge is 1.00 e. The summed E-state index contributed by atoms with van der Waals surface area (Å²) >= 11 is -3.23. The molecule has 5 heteroatoms. The predicted octanol–water partition coefficient (Wildman–Crippen LogP) is 10.6. The maximum absolute atomic E-state index is 3.23. The van der Waals surface area contributed by atoms with Gasteiger partial charge in [0.05, 0.1) is 0 Å². The van der Waals surface area contributed by atoms with Gasteiger partial charge < -0.3 is 24.8 Å². The van der Waals surface area contributed by atoms with E-state index in [-0.39, 0.29) is 39.3 Å². The summed E-state index contributed by atoms with van der Waals surface area (Å²) in [4.78, 5) is 0. The molecular formula is C89H80Cl2Si2Zr.